The van der Waals surface area contributed by atoms with Gasteiger partial charge in [-0.05, 0) is 31.0 Å². The monoisotopic (exact) mass is 315 g/mol. The lowest BCUT2D eigenvalue weighted by Gasteiger charge is -2.32. The molecule has 2 aliphatic rings. The Kier molecular flexibility index (Phi) is 4.32. The molecule has 1 aliphatic heterocycles. The summed E-state index contributed by atoms with van der Waals surface area (Å²) < 4.78 is 0. The number of piperazine rings is 1. The Morgan fingerprint density at radius 3 is 2.57 bits per heavy atom. The van der Waals surface area contributed by atoms with Crippen molar-refractivity contribution >= 4 is 23.9 Å². The van der Waals surface area contributed by atoms with Crippen LogP contribution in [-0.4, -0.2) is 54.2 Å². The number of carbonyl (C=O) groups is 3. The van der Waals surface area contributed by atoms with E-state index in [2.05, 4.69) is 5.32 Å². The van der Waals surface area contributed by atoms with E-state index in [1.165, 1.54) is 0 Å². The quantitative estimate of drug-likeness (QED) is 0.838. The minimum absolute atomic E-state index is 0.0416. The molecule has 0 aromatic heterocycles. The number of hydrogen-bond donors (Lipinski definition) is 1. The van der Waals surface area contributed by atoms with Crippen molar-refractivity contribution < 1.29 is 14.4 Å². The van der Waals surface area contributed by atoms with E-state index in [1.54, 1.807) is 9.80 Å². The molecular weight excluding hydrogens is 294 g/mol. The van der Waals surface area contributed by atoms with Gasteiger partial charge in [-0.25, -0.2) is 0 Å². The van der Waals surface area contributed by atoms with Crippen molar-refractivity contribution in [2.24, 2.45) is 11.8 Å². The highest BCUT2D eigenvalue weighted by Gasteiger charge is 2.49. The van der Waals surface area contributed by atoms with E-state index in [0.717, 1.165) is 17.7 Å². The van der Waals surface area contributed by atoms with Crippen LogP contribution >= 0.6 is 0 Å². The first-order chi connectivity index (χ1) is 11.1. The number of carbonyl (C=O) groups excluding carboxylic acids is 3. The second-order valence-electron chi connectivity index (χ2n) is 6.27. The zero-order chi connectivity index (χ0) is 16.4. The Morgan fingerprint density at radius 2 is 1.91 bits per heavy atom. The molecule has 6 nitrogen and oxygen atoms in total. The average molecular weight is 315 g/mol. The lowest BCUT2D eigenvalue weighted by atomic mass is 10.2. The number of amides is 3. The van der Waals surface area contributed by atoms with Crippen LogP contribution in [0.4, 0.5) is 5.69 Å². The fraction of sp³-hybridized carbons (Fsp3) is 0.471. The molecule has 1 N–H and O–H groups in total. The molecule has 2 atom stereocenters. The number of anilines is 1. The summed E-state index contributed by atoms with van der Waals surface area (Å²) >= 11 is 0. The van der Waals surface area contributed by atoms with E-state index < -0.39 is 0 Å². The fourth-order valence-electron chi connectivity index (χ4n) is 3.00. The summed E-state index contributed by atoms with van der Waals surface area (Å²) in [6.45, 7) is 4.23. The highest BCUT2D eigenvalue weighted by atomic mass is 16.2. The Bertz CT molecular complexity index is 623. The first-order valence-electron chi connectivity index (χ1n) is 7.94. The molecule has 23 heavy (non-hydrogen) atoms. The van der Waals surface area contributed by atoms with Crippen LogP contribution < -0.4 is 5.32 Å². The van der Waals surface area contributed by atoms with E-state index >= 15 is 0 Å². The molecule has 1 aromatic rings. The van der Waals surface area contributed by atoms with Crippen LogP contribution in [-0.2, 0) is 14.4 Å². The maximum Gasteiger partial charge on any atom is 0.228 e. The third-order valence-corrected chi connectivity index (χ3v) is 4.51. The van der Waals surface area contributed by atoms with Crippen LogP contribution in [0.1, 0.15) is 12.0 Å². The van der Waals surface area contributed by atoms with E-state index in [0.29, 0.717) is 32.6 Å². The molecule has 122 valence electrons. The van der Waals surface area contributed by atoms with Crippen molar-refractivity contribution in [3.05, 3.63) is 29.8 Å². The zero-order valence-electron chi connectivity index (χ0n) is 13.2. The third kappa shape index (κ3) is 3.52. The van der Waals surface area contributed by atoms with E-state index in [9.17, 15) is 14.4 Å². The van der Waals surface area contributed by atoms with Gasteiger partial charge in [0.25, 0.3) is 0 Å². The predicted octanol–water partition coefficient (Wildman–Crippen LogP) is 0.870. The molecule has 0 radical (unpaired) electrons. The molecule has 0 spiro atoms. The van der Waals surface area contributed by atoms with Crippen molar-refractivity contribution in [1.82, 2.24) is 9.80 Å². The van der Waals surface area contributed by atoms with Crippen LogP contribution in [0, 0.1) is 18.8 Å². The standard InChI is InChI=1S/C17H21N3O3/c1-12-3-2-4-13(9-12)18-16(22)14-10-15(14)17(23)20-7-5-19(11-21)6-8-20/h2-4,9,11,14-15H,5-8,10H2,1H3,(H,18,22). The molecule has 6 heteroatoms. The predicted molar refractivity (Wildman–Crippen MR) is 85.6 cm³/mol. The van der Waals surface area contributed by atoms with Crippen molar-refractivity contribution in [2.45, 2.75) is 13.3 Å². The Hall–Kier alpha value is -2.37. The first kappa shape index (κ1) is 15.5. The highest BCUT2D eigenvalue weighted by molar-refractivity contribution is 5.99. The van der Waals surface area contributed by atoms with Gasteiger partial charge in [0, 0.05) is 31.9 Å². The maximum atomic E-state index is 12.4. The van der Waals surface area contributed by atoms with Gasteiger partial charge < -0.3 is 15.1 Å². The van der Waals surface area contributed by atoms with E-state index in [1.807, 2.05) is 31.2 Å². The molecule has 2 unspecified atom stereocenters. The number of rotatable bonds is 4. The molecule has 1 aliphatic carbocycles. The van der Waals surface area contributed by atoms with Gasteiger partial charge in [-0.15, -0.1) is 0 Å². The summed E-state index contributed by atoms with van der Waals surface area (Å²) in [6.07, 6.45) is 1.43. The summed E-state index contributed by atoms with van der Waals surface area (Å²) in [5.74, 6) is -0.477. The number of hydrogen-bond acceptors (Lipinski definition) is 3. The van der Waals surface area contributed by atoms with Gasteiger partial charge in [0.15, 0.2) is 0 Å². The molecule has 3 amide bonds. The van der Waals surface area contributed by atoms with Gasteiger partial charge in [0.2, 0.25) is 18.2 Å². The van der Waals surface area contributed by atoms with Crippen LogP contribution in [0.25, 0.3) is 0 Å². The van der Waals surface area contributed by atoms with Crippen LogP contribution in [0.2, 0.25) is 0 Å². The number of nitrogens with one attached hydrogen (secondary N) is 1. The van der Waals surface area contributed by atoms with Gasteiger partial charge in [0.1, 0.15) is 0 Å². The largest absolute Gasteiger partial charge is 0.342 e. The van der Waals surface area contributed by atoms with Crippen molar-refractivity contribution in [3.8, 4) is 0 Å². The molecule has 1 heterocycles. The van der Waals surface area contributed by atoms with E-state index in [4.69, 9.17) is 0 Å². The molecule has 2 fully saturated rings. The molecule has 1 saturated heterocycles. The molecule has 0 bridgehead atoms. The van der Waals surface area contributed by atoms with Gasteiger partial charge in [-0.3, -0.25) is 14.4 Å². The smallest absolute Gasteiger partial charge is 0.228 e. The van der Waals surface area contributed by atoms with Gasteiger partial charge in [-0.2, -0.15) is 0 Å². The highest BCUT2D eigenvalue weighted by Crippen LogP contribution is 2.41. The number of nitrogens with zero attached hydrogens (tertiary/aromatic N) is 2. The Labute approximate surface area is 135 Å². The third-order valence-electron chi connectivity index (χ3n) is 4.51. The maximum absolute atomic E-state index is 12.4. The average Bonchev–Trinajstić information content (AvgIpc) is 3.35. The number of aryl methyl sites for hydroxylation is 1. The summed E-state index contributed by atoms with van der Waals surface area (Å²) in [7, 11) is 0. The summed E-state index contributed by atoms with van der Waals surface area (Å²) in [5.41, 5.74) is 1.85. The van der Waals surface area contributed by atoms with Crippen LogP contribution in [0.5, 0.6) is 0 Å². The Balaban J connectivity index is 1.51. The second kappa shape index (κ2) is 6.40. The van der Waals surface area contributed by atoms with Crippen LogP contribution in [0.3, 0.4) is 0 Å². The summed E-state index contributed by atoms with van der Waals surface area (Å²) in [4.78, 5) is 38.8. The van der Waals surface area contributed by atoms with Crippen molar-refractivity contribution in [2.75, 3.05) is 31.5 Å². The van der Waals surface area contributed by atoms with Gasteiger partial charge >= 0.3 is 0 Å². The second-order valence-corrected chi connectivity index (χ2v) is 6.27. The summed E-state index contributed by atoms with van der Waals surface area (Å²) in [6, 6.07) is 7.63. The lowest BCUT2D eigenvalue weighted by molar-refractivity contribution is -0.137. The first-order valence-corrected chi connectivity index (χ1v) is 7.94. The van der Waals surface area contributed by atoms with E-state index in [-0.39, 0.29) is 23.7 Å². The Morgan fingerprint density at radius 1 is 1.17 bits per heavy atom. The minimum Gasteiger partial charge on any atom is -0.342 e. The normalized spacial score (nSPS) is 23.3. The molecular formula is C17H21N3O3. The number of benzene rings is 1. The SMILES string of the molecule is Cc1cccc(NC(=O)C2CC2C(=O)N2CCN(C=O)CC2)c1. The van der Waals surface area contributed by atoms with Crippen molar-refractivity contribution in [3.63, 3.8) is 0 Å². The zero-order valence-corrected chi connectivity index (χ0v) is 13.2. The fourth-order valence-corrected chi connectivity index (χ4v) is 3.00. The minimum atomic E-state index is -0.230. The van der Waals surface area contributed by atoms with Gasteiger partial charge in [-0.1, -0.05) is 12.1 Å². The lowest BCUT2D eigenvalue weighted by Crippen LogP contribution is -2.48. The summed E-state index contributed by atoms with van der Waals surface area (Å²) in [5, 5.41) is 2.88. The molecule has 1 saturated carbocycles. The molecule has 3 rings (SSSR count). The van der Waals surface area contributed by atoms with Gasteiger partial charge in [0.05, 0.1) is 11.8 Å². The topological polar surface area (TPSA) is 69.7 Å². The van der Waals surface area contributed by atoms with Crippen LogP contribution in [0.15, 0.2) is 24.3 Å². The molecule has 1 aromatic carbocycles. The van der Waals surface area contributed by atoms with Crippen molar-refractivity contribution in [1.29, 1.82) is 0 Å².